The molecule has 1 saturated carbocycles. The summed E-state index contributed by atoms with van der Waals surface area (Å²) in [5, 5.41) is -0.988. The number of hydrogen-bond acceptors (Lipinski definition) is 0. The molecule has 4 heteroatoms. The topological polar surface area (TPSA) is 0 Å². The monoisotopic (exact) mass is 198 g/mol. The summed E-state index contributed by atoms with van der Waals surface area (Å²) in [6.07, 6.45) is -2.47. The highest BCUT2D eigenvalue weighted by molar-refractivity contribution is 6.30. The van der Waals surface area contributed by atoms with Crippen molar-refractivity contribution in [2.45, 2.75) is 26.4 Å². The predicted octanol–water partition coefficient (Wildman–Crippen LogP) is 3.72. The van der Waals surface area contributed by atoms with Gasteiger partial charge in [0.1, 0.15) is 5.03 Å². The average Bonchev–Trinajstić information content (AvgIpc) is 2.36. The molecule has 0 amide bonds. The van der Waals surface area contributed by atoms with Crippen molar-refractivity contribution >= 4 is 11.6 Å². The van der Waals surface area contributed by atoms with Crippen LogP contribution in [0.5, 0.6) is 0 Å². The van der Waals surface area contributed by atoms with E-state index in [-0.39, 0.29) is 11.3 Å². The lowest BCUT2D eigenvalue weighted by Crippen LogP contribution is -2.07. The third kappa shape index (κ3) is 2.16. The standard InChI is InChI=1S/C8H10ClF3/c1-7(2)4-5(7)3-6(9)8(10,11)12/h3,5H,4H2,1-2H3/b6-3+. The quantitative estimate of drug-likeness (QED) is 0.603. The van der Waals surface area contributed by atoms with E-state index in [9.17, 15) is 13.2 Å². The summed E-state index contributed by atoms with van der Waals surface area (Å²) in [6, 6.07) is 0. The van der Waals surface area contributed by atoms with Gasteiger partial charge in [0, 0.05) is 0 Å². The van der Waals surface area contributed by atoms with E-state index >= 15 is 0 Å². The Kier molecular flexibility index (Phi) is 2.19. The number of rotatable bonds is 1. The van der Waals surface area contributed by atoms with Crippen molar-refractivity contribution in [2.75, 3.05) is 0 Å². The Morgan fingerprint density at radius 2 is 1.92 bits per heavy atom. The molecule has 1 aliphatic carbocycles. The minimum absolute atomic E-state index is 0.00535. The van der Waals surface area contributed by atoms with Crippen LogP contribution in [0.2, 0.25) is 0 Å². The van der Waals surface area contributed by atoms with Crippen LogP contribution in [-0.2, 0) is 0 Å². The van der Waals surface area contributed by atoms with Crippen molar-refractivity contribution in [1.29, 1.82) is 0 Å². The van der Waals surface area contributed by atoms with Crippen LogP contribution in [0.1, 0.15) is 20.3 Å². The second-order valence-electron chi connectivity index (χ2n) is 3.81. The fourth-order valence-electron chi connectivity index (χ4n) is 1.06. The van der Waals surface area contributed by atoms with Gasteiger partial charge in [-0.15, -0.1) is 0 Å². The molecule has 0 aromatic carbocycles. The lowest BCUT2D eigenvalue weighted by Gasteiger charge is -2.04. The normalized spacial score (nSPS) is 28.8. The zero-order valence-corrected chi connectivity index (χ0v) is 7.63. The lowest BCUT2D eigenvalue weighted by atomic mass is 10.1. The highest BCUT2D eigenvalue weighted by Crippen LogP contribution is 2.53. The molecule has 0 saturated heterocycles. The molecule has 0 aromatic rings. The maximum Gasteiger partial charge on any atom is 0.426 e. The molecular weight excluding hydrogens is 189 g/mol. The van der Waals surface area contributed by atoms with Crippen LogP contribution in [0.3, 0.4) is 0 Å². The van der Waals surface area contributed by atoms with Gasteiger partial charge in [-0.05, 0) is 17.8 Å². The lowest BCUT2D eigenvalue weighted by molar-refractivity contribution is -0.0848. The van der Waals surface area contributed by atoms with E-state index in [0.29, 0.717) is 0 Å². The Balaban J connectivity index is 2.60. The Labute approximate surface area is 74.4 Å². The molecule has 0 aromatic heterocycles. The summed E-state index contributed by atoms with van der Waals surface area (Å²) in [5.74, 6) is -0.00775. The molecule has 0 radical (unpaired) electrons. The number of alkyl halides is 3. The van der Waals surface area contributed by atoms with Crippen LogP contribution < -0.4 is 0 Å². The smallest absolute Gasteiger partial charge is 0.165 e. The highest BCUT2D eigenvalue weighted by Gasteiger charge is 2.46. The van der Waals surface area contributed by atoms with Gasteiger partial charge in [0.2, 0.25) is 0 Å². The van der Waals surface area contributed by atoms with Gasteiger partial charge in [-0.25, -0.2) is 0 Å². The maximum absolute atomic E-state index is 11.9. The van der Waals surface area contributed by atoms with Gasteiger partial charge in [0.25, 0.3) is 0 Å². The Bertz CT molecular complexity index is 215. The Morgan fingerprint density at radius 1 is 1.50 bits per heavy atom. The van der Waals surface area contributed by atoms with Gasteiger partial charge in [0.05, 0.1) is 0 Å². The minimum atomic E-state index is -4.37. The fraction of sp³-hybridized carbons (Fsp3) is 0.750. The van der Waals surface area contributed by atoms with Crippen molar-refractivity contribution in [3.8, 4) is 0 Å². The number of hydrogen-bond donors (Lipinski definition) is 0. The third-order valence-corrected chi connectivity index (χ3v) is 2.55. The number of halogens is 4. The van der Waals surface area contributed by atoms with Crippen LogP contribution >= 0.6 is 11.6 Å². The second kappa shape index (κ2) is 2.66. The molecule has 0 bridgehead atoms. The van der Waals surface area contributed by atoms with Gasteiger partial charge in [-0.1, -0.05) is 31.5 Å². The maximum atomic E-state index is 11.9. The van der Waals surface area contributed by atoms with E-state index in [2.05, 4.69) is 0 Å². The third-order valence-electron chi connectivity index (χ3n) is 2.21. The van der Waals surface area contributed by atoms with Gasteiger partial charge in [0.15, 0.2) is 0 Å². The summed E-state index contributed by atoms with van der Waals surface area (Å²) in [5.41, 5.74) is 0.00535. The summed E-state index contributed by atoms with van der Waals surface area (Å²) in [7, 11) is 0. The highest BCUT2D eigenvalue weighted by atomic mass is 35.5. The summed E-state index contributed by atoms with van der Waals surface area (Å²) < 4.78 is 35.7. The van der Waals surface area contributed by atoms with Crippen LogP contribution in [0.15, 0.2) is 11.1 Å². The first kappa shape index (κ1) is 9.90. The van der Waals surface area contributed by atoms with Crippen molar-refractivity contribution in [2.24, 2.45) is 11.3 Å². The first-order valence-corrected chi connectivity index (χ1v) is 4.06. The van der Waals surface area contributed by atoms with E-state index in [1.54, 1.807) is 0 Å². The summed E-state index contributed by atoms with van der Waals surface area (Å²) in [6.45, 7) is 3.85. The zero-order chi connectivity index (χ0) is 9.57. The molecule has 0 aliphatic heterocycles. The summed E-state index contributed by atoms with van der Waals surface area (Å²) in [4.78, 5) is 0. The average molecular weight is 199 g/mol. The minimum Gasteiger partial charge on any atom is -0.165 e. The van der Waals surface area contributed by atoms with E-state index in [0.717, 1.165) is 12.5 Å². The first-order valence-electron chi connectivity index (χ1n) is 3.68. The van der Waals surface area contributed by atoms with Crippen molar-refractivity contribution in [1.82, 2.24) is 0 Å². The number of allylic oxidation sites excluding steroid dienone is 2. The molecule has 0 spiro atoms. The molecule has 0 heterocycles. The van der Waals surface area contributed by atoms with Crippen LogP contribution in [0.25, 0.3) is 0 Å². The molecule has 1 aliphatic rings. The van der Waals surface area contributed by atoms with E-state index in [4.69, 9.17) is 11.6 Å². The molecular formula is C8H10ClF3. The predicted molar refractivity (Wildman–Crippen MR) is 41.9 cm³/mol. The fourth-order valence-corrected chi connectivity index (χ4v) is 1.22. The molecule has 0 nitrogen and oxygen atoms in total. The van der Waals surface area contributed by atoms with E-state index in [1.807, 2.05) is 13.8 Å². The van der Waals surface area contributed by atoms with Crippen molar-refractivity contribution < 1.29 is 13.2 Å². The van der Waals surface area contributed by atoms with Gasteiger partial charge in [-0.3, -0.25) is 0 Å². The summed E-state index contributed by atoms with van der Waals surface area (Å²) >= 11 is 5.06. The molecule has 70 valence electrons. The Morgan fingerprint density at radius 3 is 2.17 bits per heavy atom. The molecule has 1 atom stereocenters. The zero-order valence-electron chi connectivity index (χ0n) is 6.87. The Hall–Kier alpha value is -0.180. The second-order valence-corrected chi connectivity index (χ2v) is 4.22. The van der Waals surface area contributed by atoms with Crippen molar-refractivity contribution in [3.05, 3.63) is 11.1 Å². The van der Waals surface area contributed by atoms with Gasteiger partial charge in [-0.2, -0.15) is 13.2 Å². The molecule has 12 heavy (non-hydrogen) atoms. The molecule has 1 unspecified atom stereocenters. The largest absolute Gasteiger partial charge is 0.426 e. The van der Waals surface area contributed by atoms with E-state index < -0.39 is 11.2 Å². The van der Waals surface area contributed by atoms with Crippen molar-refractivity contribution in [3.63, 3.8) is 0 Å². The van der Waals surface area contributed by atoms with Gasteiger partial charge >= 0.3 is 6.18 Å². The molecule has 0 N–H and O–H groups in total. The SMILES string of the molecule is CC1(C)CC1/C=C(/Cl)C(F)(F)F. The van der Waals surface area contributed by atoms with E-state index in [1.165, 1.54) is 0 Å². The molecule has 1 fully saturated rings. The van der Waals surface area contributed by atoms with Crippen LogP contribution in [-0.4, -0.2) is 6.18 Å². The van der Waals surface area contributed by atoms with Gasteiger partial charge < -0.3 is 0 Å². The van der Waals surface area contributed by atoms with Crippen LogP contribution in [0.4, 0.5) is 13.2 Å². The van der Waals surface area contributed by atoms with Crippen LogP contribution in [0, 0.1) is 11.3 Å². The first-order chi connectivity index (χ1) is 5.23. The molecule has 1 rings (SSSR count).